The number of benzene rings is 1. The quantitative estimate of drug-likeness (QED) is 0.754. The molecule has 21 heavy (non-hydrogen) atoms. The summed E-state index contributed by atoms with van der Waals surface area (Å²) in [6.45, 7) is 5.90. The molecule has 0 radical (unpaired) electrons. The van der Waals surface area contributed by atoms with Gasteiger partial charge in [-0.05, 0) is 36.5 Å². The van der Waals surface area contributed by atoms with Gasteiger partial charge in [0.15, 0.2) is 0 Å². The maximum absolute atomic E-state index is 11.5. The molecule has 2 N–H and O–H groups in total. The van der Waals surface area contributed by atoms with Crippen molar-refractivity contribution in [1.29, 1.82) is 0 Å². The predicted molar refractivity (Wildman–Crippen MR) is 82.1 cm³/mol. The SMILES string of the molecule is CCCCC(CC)Cc1c(C(=O)O)ccc(C)c1C(=O)O. The summed E-state index contributed by atoms with van der Waals surface area (Å²) in [6, 6.07) is 3.09. The highest BCUT2D eigenvalue weighted by molar-refractivity contribution is 5.97. The highest BCUT2D eigenvalue weighted by Gasteiger charge is 2.22. The van der Waals surface area contributed by atoms with Gasteiger partial charge >= 0.3 is 11.9 Å². The van der Waals surface area contributed by atoms with Gasteiger partial charge in [-0.15, -0.1) is 0 Å². The second-order valence-corrected chi connectivity index (χ2v) is 5.51. The van der Waals surface area contributed by atoms with Crippen molar-refractivity contribution in [3.63, 3.8) is 0 Å². The molecule has 1 aromatic rings. The Hall–Kier alpha value is -1.84. The molecule has 0 amide bonds. The molecule has 1 unspecified atom stereocenters. The number of rotatable bonds is 8. The van der Waals surface area contributed by atoms with Gasteiger partial charge in [0.2, 0.25) is 0 Å². The fourth-order valence-electron chi connectivity index (χ4n) is 2.71. The number of carboxylic acid groups (broad SMARTS) is 2. The van der Waals surface area contributed by atoms with Crippen LogP contribution in [0.5, 0.6) is 0 Å². The summed E-state index contributed by atoms with van der Waals surface area (Å²) in [4.78, 5) is 22.9. The molecule has 0 aliphatic carbocycles. The third kappa shape index (κ3) is 4.31. The van der Waals surface area contributed by atoms with Gasteiger partial charge in [-0.3, -0.25) is 0 Å². The van der Waals surface area contributed by atoms with Gasteiger partial charge in [0.25, 0.3) is 0 Å². The number of aryl methyl sites for hydroxylation is 1. The van der Waals surface area contributed by atoms with Crippen LogP contribution in [0.2, 0.25) is 0 Å². The molecule has 0 saturated heterocycles. The van der Waals surface area contributed by atoms with E-state index in [1.165, 1.54) is 6.07 Å². The fourth-order valence-corrected chi connectivity index (χ4v) is 2.71. The van der Waals surface area contributed by atoms with Gasteiger partial charge in [-0.25, -0.2) is 9.59 Å². The summed E-state index contributed by atoms with van der Waals surface area (Å²) < 4.78 is 0. The molecule has 1 rings (SSSR count). The molecular formula is C17H24O4. The molecule has 0 saturated carbocycles. The van der Waals surface area contributed by atoms with Crippen molar-refractivity contribution in [3.8, 4) is 0 Å². The lowest BCUT2D eigenvalue weighted by atomic mass is 9.86. The van der Waals surface area contributed by atoms with Crippen molar-refractivity contribution in [1.82, 2.24) is 0 Å². The summed E-state index contributed by atoms with van der Waals surface area (Å²) >= 11 is 0. The maximum atomic E-state index is 11.5. The summed E-state index contributed by atoms with van der Waals surface area (Å²) in [5.41, 5.74) is 1.36. The van der Waals surface area contributed by atoms with E-state index < -0.39 is 11.9 Å². The summed E-state index contributed by atoms with van der Waals surface area (Å²) in [7, 11) is 0. The highest BCUT2D eigenvalue weighted by atomic mass is 16.4. The molecule has 4 nitrogen and oxygen atoms in total. The molecule has 116 valence electrons. The minimum absolute atomic E-state index is 0.118. The Kier molecular flexibility index (Phi) is 6.40. The number of aromatic carboxylic acids is 2. The molecule has 1 atom stereocenters. The average Bonchev–Trinajstić information content (AvgIpc) is 2.42. The number of carboxylic acids is 2. The monoisotopic (exact) mass is 292 g/mol. The first-order chi connectivity index (χ1) is 9.92. The van der Waals surface area contributed by atoms with Crippen LogP contribution >= 0.6 is 0 Å². The predicted octanol–water partition coefficient (Wildman–Crippen LogP) is 4.15. The van der Waals surface area contributed by atoms with Crippen LogP contribution in [-0.4, -0.2) is 22.2 Å². The van der Waals surface area contributed by atoms with Crippen LogP contribution < -0.4 is 0 Å². The second kappa shape index (κ2) is 7.81. The molecule has 1 aromatic carbocycles. The Bertz CT molecular complexity index is 520. The van der Waals surface area contributed by atoms with E-state index >= 15 is 0 Å². The smallest absolute Gasteiger partial charge is 0.336 e. The van der Waals surface area contributed by atoms with E-state index in [-0.39, 0.29) is 11.1 Å². The van der Waals surface area contributed by atoms with Crippen LogP contribution in [0.15, 0.2) is 12.1 Å². The van der Waals surface area contributed by atoms with Crippen molar-refractivity contribution in [2.24, 2.45) is 5.92 Å². The molecule has 4 heteroatoms. The third-order valence-electron chi connectivity index (χ3n) is 4.00. The maximum Gasteiger partial charge on any atom is 0.336 e. The Balaban J connectivity index is 3.26. The zero-order valence-corrected chi connectivity index (χ0v) is 13.0. The standard InChI is InChI=1S/C17H24O4/c1-4-6-7-12(5-2)10-14-13(16(18)19)9-8-11(3)15(14)17(20)21/h8-9,12H,4-7,10H2,1-3H3,(H,18,19)(H,20,21). The molecular weight excluding hydrogens is 268 g/mol. The molecule has 0 spiro atoms. The lowest BCUT2D eigenvalue weighted by molar-refractivity contribution is 0.0694. The zero-order chi connectivity index (χ0) is 16.0. The number of unbranched alkanes of at least 4 members (excludes halogenated alkanes) is 1. The van der Waals surface area contributed by atoms with Crippen LogP contribution in [0.25, 0.3) is 0 Å². The molecule has 0 aliphatic heterocycles. The van der Waals surface area contributed by atoms with Crippen LogP contribution in [0, 0.1) is 12.8 Å². The van der Waals surface area contributed by atoms with Gasteiger partial charge in [0.1, 0.15) is 0 Å². The average molecular weight is 292 g/mol. The minimum Gasteiger partial charge on any atom is -0.478 e. The fraction of sp³-hybridized carbons (Fsp3) is 0.529. The van der Waals surface area contributed by atoms with E-state index in [4.69, 9.17) is 0 Å². The van der Waals surface area contributed by atoms with Crippen molar-refractivity contribution in [3.05, 3.63) is 34.4 Å². The number of hydrogen-bond donors (Lipinski definition) is 2. The largest absolute Gasteiger partial charge is 0.478 e. The Morgan fingerprint density at radius 1 is 1.14 bits per heavy atom. The minimum atomic E-state index is -1.06. The van der Waals surface area contributed by atoms with Gasteiger partial charge in [-0.1, -0.05) is 45.6 Å². The van der Waals surface area contributed by atoms with Crippen LogP contribution in [0.3, 0.4) is 0 Å². The van der Waals surface area contributed by atoms with Crippen molar-refractivity contribution >= 4 is 11.9 Å². The zero-order valence-electron chi connectivity index (χ0n) is 13.0. The first kappa shape index (κ1) is 17.2. The molecule has 0 heterocycles. The summed E-state index contributed by atoms with van der Waals surface area (Å²) in [5, 5.41) is 18.8. The third-order valence-corrected chi connectivity index (χ3v) is 4.00. The molecule has 0 fully saturated rings. The Morgan fingerprint density at radius 3 is 2.29 bits per heavy atom. The summed E-state index contributed by atoms with van der Waals surface area (Å²) in [6.07, 6.45) is 4.60. The van der Waals surface area contributed by atoms with E-state index in [2.05, 4.69) is 13.8 Å². The van der Waals surface area contributed by atoms with E-state index in [1.807, 2.05) is 0 Å². The van der Waals surface area contributed by atoms with E-state index in [0.717, 1.165) is 25.7 Å². The van der Waals surface area contributed by atoms with Gasteiger partial charge < -0.3 is 10.2 Å². The van der Waals surface area contributed by atoms with Crippen LogP contribution in [0.1, 0.15) is 71.4 Å². The topological polar surface area (TPSA) is 74.6 Å². The lowest BCUT2D eigenvalue weighted by Crippen LogP contribution is -2.15. The van der Waals surface area contributed by atoms with Crippen molar-refractivity contribution in [2.75, 3.05) is 0 Å². The highest BCUT2D eigenvalue weighted by Crippen LogP contribution is 2.26. The van der Waals surface area contributed by atoms with Gasteiger partial charge in [0.05, 0.1) is 11.1 Å². The second-order valence-electron chi connectivity index (χ2n) is 5.51. The van der Waals surface area contributed by atoms with E-state index in [0.29, 0.717) is 23.5 Å². The molecule has 0 aliphatic rings. The van der Waals surface area contributed by atoms with E-state index in [1.54, 1.807) is 13.0 Å². The number of hydrogen-bond acceptors (Lipinski definition) is 2. The van der Waals surface area contributed by atoms with Crippen LogP contribution in [-0.2, 0) is 6.42 Å². The first-order valence-electron chi connectivity index (χ1n) is 7.51. The van der Waals surface area contributed by atoms with Gasteiger partial charge in [0, 0.05) is 0 Å². The van der Waals surface area contributed by atoms with Crippen molar-refractivity contribution < 1.29 is 19.8 Å². The summed E-state index contributed by atoms with van der Waals surface area (Å²) in [5.74, 6) is -1.78. The van der Waals surface area contributed by atoms with E-state index in [9.17, 15) is 19.8 Å². The Morgan fingerprint density at radius 2 is 1.81 bits per heavy atom. The molecule has 0 aromatic heterocycles. The van der Waals surface area contributed by atoms with Gasteiger partial charge in [-0.2, -0.15) is 0 Å². The lowest BCUT2D eigenvalue weighted by Gasteiger charge is -2.19. The molecule has 0 bridgehead atoms. The number of carbonyl (C=O) groups is 2. The Labute approximate surface area is 125 Å². The normalized spacial score (nSPS) is 12.1. The van der Waals surface area contributed by atoms with Crippen LogP contribution in [0.4, 0.5) is 0 Å². The first-order valence-corrected chi connectivity index (χ1v) is 7.51. The van der Waals surface area contributed by atoms with Crippen molar-refractivity contribution in [2.45, 2.75) is 52.9 Å².